The summed E-state index contributed by atoms with van der Waals surface area (Å²) in [5.74, 6) is 0. The van der Waals surface area contributed by atoms with Crippen LogP contribution in [0.5, 0.6) is 0 Å². The van der Waals surface area contributed by atoms with Crippen molar-refractivity contribution in [2.24, 2.45) is 10.7 Å². The summed E-state index contributed by atoms with van der Waals surface area (Å²) in [7, 11) is 1.79. The van der Waals surface area contributed by atoms with E-state index in [1.165, 1.54) is 0 Å². The fourth-order valence-electron chi connectivity index (χ4n) is 0.817. The highest BCUT2D eigenvalue weighted by Crippen LogP contribution is 1.88. The predicted molar refractivity (Wildman–Crippen MR) is 54.5 cm³/mol. The lowest BCUT2D eigenvalue weighted by Crippen LogP contribution is -2.16. The first-order valence-electron chi connectivity index (χ1n) is 4.26. The Morgan fingerprint density at radius 1 is 1.50 bits per heavy atom. The quantitative estimate of drug-likeness (QED) is 0.475. The molecule has 0 saturated carbocycles. The van der Waals surface area contributed by atoms with E-state index in [0.29, 0.717) is 0 Å². The molecule has 0 aromatic carbocycles. The van der Waals surface area contributed by atoms with Gasteiger partial charge in [0.25, 0.3) is 0 Å². The van der Waals surface area contributed by atoms with Gasteiger partial charge in [-0.25, -0.2) is 0 Å². The molecule has 0 amide bonds. The van der Waals surface area contributed by atoms with Crippen LogP contribution in [0.1, 0.15) is 20.3 Å². The smallest absolute Gasteiger partial charge is 0.0330 e. The number of hydrogen-bond acceptors (Lipinski definition) is 3. The molecule has 0 aliphatic rings. The van der Waals surface area contributed by atoms with Crippen molar-refractivity contribution in [2.75, 3.05) is 20.1 Å². The van der Waals surface area contributed by atoms with E-state index in [9.17, 15) is 0 Å². The molecule has 0 atom stereocenters. The van der Waals surface area contributed by atoms with Crippen LogP contribution >= 0.6 is 0 Å². The highest BCUT2D eigenvalue weighted by molar-refractivity contribution is 5.93. The molecule has 70 valence electrons. The molecule has 0 bridgehead atoms. The molecule has 0 aliphatic heterocycles. The Morgan fingerprint density at radius 2 is 2.17 bits per heavy atom. The average molecular weight is 169 g/mol. The molecule has 0 unspecified atom stereocenters. The SMILES string of the molecule is CN=C(C)/C=C(/C)NCCCN. The van der Waals surface area contributed by atoms with Gasteiger partial charge in [0.2, 0.25) is 0 Å². The van der Waals surface area contributed by atoms with Crippen molar-refractivity contribution in [1.29, 1.82) is 0 Å². The van der Waals surface area contributed by atoms with E-state index in [1.54, 1.807) is 7.05 Å². The lowest BCUT2D eigenvalue weighted by atomic mass is 10.3. The largest absolute Gasteiger partial charge is 0.388 e. The second kappa shape index (κ2) is 6.85. The maximum Gasteiger partial charge on any atom is 0.0330 e. The van der Waals surface area contributed by atoms with Gasteiger partial charge in [0, 0.05) is 25.0 Å². The average Bonchev–Trinajstić information content (AvgIpc) is 2.05. The van der Waals surface area contributed by atoms with Crippen LogP contribution < -0.4 is 11.1 Å². The molecule has 0 radical (unpaired) electrons. The Hall–Kier alpha value is -0.830. The Labute approximate surface area is 74.8 Å². The topological polar surface area (TPSA) is 50.4 Å². The highest BCUT2D eigenvalue weighted by atomic mass is 14.9. The number of nitrogens with one attached hydrogen (secondary N) is 1. The van der Waals surface area contributed by atoms with Gasteiger partial charge in [0.05, 0.1) is 0 Å². The number of aliphatic imine (C=N–C) groups is 1. The number of nitrogens with two attached hydrogens (primary N) is 1. The van der Waals surface area contributed by atoms with Gasteiger partial charge in [0.1, 0.15) is 0 Å². The van der Waals surface area contributed by atoms with Gasteiger partial charge in [0.15, 0.2) is 0 Å². The summed E-state index contributed by atoms with van der Waals surface area (Å²) in [4.78, 5) is 4.03. The second-order valence-electron chi connectivity index (χ2n) is 2.76. The van der Waals surface area contributed by atoms with Crippen molar-refractivity contribution in [1.82, 2.24) is 5.32 Å². The van der Waals surface area contributed by atoms with Crippen molar-refractivity contribution in [3.8, 4) is 0 Å². The maximum atomic E-state index is 5.36. The molecular weight excluding hydrogens is 150 g/mol. The zero-order valence-corrected chi connectivity index (χ0v) is 8.22. The van der Waals surface area contributed by atoms with Crippen LogP contribution in [0.4, 0.5) is 0 Å². The molecule has 0 saturated heterocycles. The Morgan fingerprint density at radius 3 is 2.67 bits per heavy atom. The summed E-state index contributed by atoms with van der Waals surface area (Å²) in [6.45, 7) is 5.69. The van der Waals surface area contributed by atoms with Crippen molar-refractivity contribution in [3.63, 3.8) is 0 Å². The van der Waals surface area contributed by atoms with Crippen LogP contribution in [-0.4, -0.2) is 25.8 Å². The first-order chi connectivity index (χ1) is 5.70. The third kappa shape index (κ3) is 5.92. The van der Waals surface area contributed by atoms with Crippen LogP contribution in [0.15, 0.2) is 16.8 Å². The van der Waals surface area contributed by atoms with Crippen LogP contribution in [0.2, 0.25) is 0 Å². The van der Waals surface area contributed by atoms with Gasteiger partial charge < -0.3 is 11.1 Å². The van der Waals surface area contributed by atoms with Gasteiger partial charge in [-0.05, 0) is 32.9 Å². The normalized spacial score (nSPS) is 13.3. The molecule has 0 fully saturated rings. The maximum absolute atomic E-state index is 5.36. The van der Waals surface area contributed by atoms with Crippen LogP contribution in [-0.2, 0) is 0 Å². The molecule has 0 rings (SSSR count). The summed E-state index contributed by atoms with van der Waals surface area (Å²) in [5, 5.41) is 3.25. The standard InChI is InChI=1S/C9H19N3/c1-8(11-3)7-9(2)12-6-4-5-10/h7,12H,4-6,10H2,1-3H3/b9-7-,11-8?. The molecule has 0 aliphatic carbocycles. The minimum atomic E-state index is 0.737. The van der Waals surface area contributed by atoms with E-state index in [1.807, 2.05) is 19.9 Å². The zero-order valence-electron chi connectivity index (χ0n) is 8.22. The zero-order chi connectivity index (χ0) is 9.40. The van der Waals surface area contributed by atoms with Crippen molar-refractivity contribution < 1.29 is 0 Å². The first-order valence-corrected chi connectivity index (χ1v) is 4.26. The second-order valence-corrected chi connectivity index (χ2v) is 2.76. The summed E-state index contributed by atoms with van der Waals surface area (Å²) < 4.78 is 0. The Balaban J connectivity index is 3.70. The third-order valence-electron chi connectivity index (χ3n) is 1.56. The van der Waals surface area contributed by atoms with E-state index in [4.69, 9.17) is 5.73 Å². The predicted octanol–water partition coefficient (Wildman–Crippen LogP) is 0.919. The van der Waals surface area contributed by atoms with E-state index >= 15 is 0 Å². The van der Waals surface area contributed by atoms with Crippen molar-refractivity contribution in [2.45, 2.75) is 20.3 Å². The van der Waals surface area contributed by atoms with Crippen LogP contribution in [0.25, 0.3) is 0 Å². The minimum absolute atomic E-state index is 0.737. The van der Waals surface area contributed by atoms with E-state index in [2.05, 4.69) is 10.3 Å². The van der Waals surface area contributed by atoms with Gasteiger partial charge in [-0.2, -0.15) is 0 Å². The fourth-order valence-corrected chi connectivity index (χ4v) is 0.817. The van der Waals surface area contributed by atoms with E-state index in [0.717, 1.165) is 30.9 Å². The van der Waals surface area contributed by atoms with Gasteiger partial charge in [-0.3, -0.25) is 4.99 Å². The molecule has 0 heterocycles. The molecule has 0 aromatic heterocycles. The molecule has 3 N–H and O–H groups in total. The summed E-state index contributed by atoms with van der Waals surface area (Å²) in [6.07, 6.45) is 3.03. The number of nitrogens with zero attached hydrogens (tertiary/aromatic N) is 1. The minimum Gasteiger partial charge on any atom is -0.388 e. The first kappa shape index (κ1) is 11.2. The van der Waals surface area contributed by atoms with Gasteiger partial charge in [-0.15, -0.1) is 0 Å². The van der Waals surface area contributed by atoms with Gasteiger partial charge >= 0.3 is 0 Å². The molecule has 3 nitrogen and oxygen atoms in total. The lowest BCUT2D eigenvalue weighted by Gasteiger charge is -2.04. The van der Waals surface area contributed by atoms with Crippen LogP contribution in [0, 0.1) is 0 Å². The molecular formula is C9H19N3. The summed E-state index contributed by atoms with van der Waals surface area (Å²) in [6, 6.07) is 0. The lowest BCUT2D eigenvalue weighted by molar-refractivity contribution is 0.733. The number of hydrogen-bond donors (Lipinski definition) is 2. The molecule has 0 spiro atoms. The Bertz CT molecular complexity index is 171. The summed E-state index contributed by atoms with van der Waals surface area (Å²) >= 11 is 0. The number of allylic oxidation sites excluding steroid dienone is 2. The molecule has 12 heavy (non-hydrogen) atoms. The highest BCUT2D eigenvalue weighted by Gasteiger charge is 1.88. The molecule has 3 heteroatoms. The van der Waals surface area contributed by atoms with Gasteiger partial charge in [-0.1, -0.05) is 0 Å². The fraction of sp³-hybridized carbons (Fsp3) is 0.667. The summed E-state index contributed by atoms with van der Waals surface area (Å²) in [5.41, 5.74) is 7.54. The van der Waals surface area contributed by atoms with Crippen LogP contribution in [0.3, 0.4) is 0 Å². The number of rotatable bonds is 5. The van der Waals surface area contributed by atoms with Crippen molar-refractivity contribution in [3.05, 3.63) is 11.8 Å². The third-order valence-corrected chi connectivity index (χ3v) is 1.56. The molecule has 0 aromatic rings. The Kier molecular flexibility index (Phi) is 6.38. The monoisotopic (exact) mass is 169 g/mol. The van der Waals surface area contributed by atoms with Crippen molar-refractivity contribution >= 4 is 5.71 Å². The van der Waals surface area contributed by atoms with E-state index < -0.39 is 0 Å². The van der Waals surface area contributed by atoms with E-state index in [-0.39, 0.29) is 0 Å².